The van der Waals surface area contributed by atoms with E-state index in [-0.39, 0.29) is 26.5 Å². The van der Waals surface area contributed by atoms with Crippen LogP contribution in [-0.4, -0.2) is 25.8 Å². The monoisotopic (exact) mass is 424 g/mol. The van der Waals surface area contributed by atoms with Crippen LogP contribution in [0.4, 0.5) is 8.78 Å². The van der Waals surface area contributed by atoms with Gasteiger partial charge >= 0.3 is 6.29 Å². The molecule has 0 aromatic heterocycles. The maximum atomic E-state index is 13.1. The highest BCUT2D eigenvalue weighted by Crippen LogP contribution is 2.41. The molecule has 0 spiro atoms. The van der Waals surface area contributed by atoms with Gasteiger partial charge in [0.05, 0.1) is 9.80 Å². The Morgan fingerprint density at radius 1 is 1.07 bits per heavy atom. The van der Waals surface area contributed by atoms with Gasteiger partial charge in [0.2, 0.25) is 0 Å². The van der Waals surface area contributed by atoms with Crippen LogP contribution in [0.25, 0.3) is 6.08 Å². The standard InChI is InChI=1S/C17H10F2N2O5S2/c18-17(19)25-12-7-6-10(8-13(12)26-17)9-14-15(22)20-16(27-14)21-28(23,24)11-4-2-1-3-5-11/h1-9H,(H,20,21,22)/b14-9-. The number of nitrogens with one attached hydrogen (secondary N) is 1. The highest BCUT2D eigenvalue weighted by Gasteiger charge is 2.43. The number of benzene rings is 2. The predicted molar refractivity (Wildman–Crippen MR) is 97.4 cm³/mol. The topological polar surface area (TPSA) is 94.1 Å². The number of carbonyl (C=O) groups is 1. The van der Waals surface area contributed by atoms with Crippen LogP contribution in [0, 0.1) is 0 Å². The van der Waals surface area contributed by atoms with E-state index in [2.05, 4.69) is 19.2 Å². The molecule has 1 fully saturated rings. The average Bonchev–Trinajstić information content (AvgIpc) is 3.12. The van der Waals surface area contributed by atoms with E-state index in [9.17, 15) is 22.0 Å². The van der Waals surface area contributed by atoms with Gasteiger partial charge in [-0.05, 0) is 47.7 Å². The van der Waals surface area contributed by atoms with Crippen molar-refractivity contribution in [3.63, 3.8) is 0 Å². The molecular formula is C17H10F2N2O5S2. The van der Waals surface area contributed by atoms with Gasteiger partial charge in [-0.2, -0.15) is 8.42 Å². The second-order valence-electron chi connectivity index (χ2n) is 5.62. The van der Waals surface area contributed by atoms with Crippen molar-refractivity contribution in [3.8, 4) is 11.5 Å². The molecule has 0 radical (unpaired) electrons. The first-order valence-electron chi connectivity index (χ1n) is 7.73. The van der Waals surface area contributed by atoms with Crippen molar-refractivity contribution in [3.05, 3.63) is 59.0 Å². The van der Waals surface area contributed by atoms with Crippen LogP contribution in [0.1, 0.15) is 5.56 Å². The second kappa shape index (κ2) is 6.60. The zero-order valence-corrected chi connectivity index (χ0v) is 15.4. The summed E-state index contributed by atoms with van der Waals surface area (Å²) in [6, 6.07) is 11.6. The third-order valence-electron chi connectivity index (χ3n) is 3.62. The zero-order valence-electron chi connectivity index (χ0n) is 13.8. The fourth-order valence-electron chi connectivity index (χ4n) is 2.43. The average molecular weight is 424 g/mol. The number of alkyl halides is 2. The number of amides is 1. The summed E-state index contributed by atoms with van der Waals surface area (Å²) in [7, 11) is -3.98. The number of carbonyl (C=O) groups excluding carboxylic acids is 1. The molecule has 2 heterocycles. The first-order valence-corrected chi connectivity index (χ1v) is 9.98. The van der Waals surface area contributed by atoms with Gasteiger partial charge in [0.1, 0.15) is 0 Å². The van der Waals surface area contributed by atoms with E-state index in [1.807, 2.05) is 0 Å². The van der Waals surface area contributed by atoms with Crippen LogP contribution < -0.4 is 14.8 Å². The molecule has 2 aliphatic rings. The Morgan fingerprint density at radius 2 is 1.79 bits per heavy atom. The molecule has 144 valence electrons. The molecule has 7 nitrogen and oxygen atoms in total. The normalized spacial score (nSPS) is 20.6. The summed E-state index contributed by atoms with van der Waals surface area (Å²) >= 11 is 0.819. The van der Waals surface area contributed by atoms with Crippen molar-refractivity contribution >= 4 is 38.9 Å². The number of thioether (sulfide) groups is 1. The molecule has 2 aromatic carbocycles. The lowest BCUT2D eigenvalue weighted by atomic mass is 10.2. The Kier molecular flexibility index (Phi) is 4.35. The van der Waals surface area contributed by atoms with Crippen molar-refractivity contribution < 1.29 is 31.5 Å². The van der Waals surface area contributed by atoms with Crippen LogP contribution >= 0.6 is 11.8 Å². The lowest BCUT2D eigenvalue weighted by molar-refractivity contribution is -0.286. The summed E-state index contributed by atoms with van der Waals surface area (Å²) in [5.74, 6) is -0.842. The molecule has 0 aliphatic carbocycles. The summed E-state index contributed by atoms with van der Waals surface area (Å²) in [5, 5.41) is 2.26. The van der Waals surface area contributed by atoms with Crippen LogP contribution in [-0.2, 0) is 14.8 Å². The van der Waals surface area contributed by atoms with Gasteiger partial charge in [-0.15, -0.1) is 13.2 Å². The van der Waals surface area contributed by atoms with Crippen molar-refractivity contribution in [2.75, 3.05) is 0 Å². The van der Waals surface area contributed by atoms with Crippen LogP contribution in [0.3, 0.4) is 0 Å². The number of nitrogens with zero attached hydrogens (tertiary/aromatic N) is 1. The van der Waals surface area contributed by atoms with E-state index in [0.29, 0.717) is 5.56 Å². The lowest BCUT2D eigenvalue weighted by Crippen LogP contribution is -2.25. The smallest absolute Gasteiger partial charge is 0.395 e. The van der Waals surface area contributed by atoms with E-state index in [0.717, 1.165) is 11.8 Å². The van der Waals surface area contributed by atoms with Crippen molar-refractivity contribution in [1.29, 1.82) is 0 Å². The molecule has 11 heteroatoms. The minimum absolute atomic E-state index is 0.00789. The molecule has 1 N–H and O–H groups in total. The number of rotatable bonds is 3. The minimum atomic E-state index is -3.98. The SMILES string of the molecule is O=C1N/C(=N\S(=O)(=O)c2ccccc2)S/C1=C\c1ccc2c(c1)OC(F)(F)O2. The van der Waals surface area contributed by atoms with E-state index in [1.54, 1.807) is 18.2 Å². The summed E-state index contributed by atoms with van der Waals surface area (Å²) < 4.78 is 63.0. The lowest BCUT2D eigenvalue weighted by Gasteiger charge is -2.04. The number of amidine groups is 1. The van der Waals surface area contributed by atoms with Gasteiger partial charge in [-0.3, -0.25) is 10.1 Å². The largest absolute Gasteiger partial charge is 0.586 e. The summed E-state index contributed by atoms with van der Waals surface area (Å²) in [4.78, 5) is 12.2. The number of sulfonamides is 1. The van der Waals surface area contributed by atoms with Crippen LogP contribution in [0.2, 0.25) is 0 Å². The fourth-order valence-corrected chi connectivity index (χ4v) is 4.44. The second-order valence-corrected chi connectivity index (χ2v) is 8.26. The quantitative estimate of drug-likeness (QED) is 0.762. The molecule has 4 rings (SSSR count). The van der Waals surface area contributed by atoms with Crippen molar-refractivity contribution in [1.82, 2.24) is 5.32 Å². The van der Waals surface area contributed by atoms with Gasteiger partial charge < -0.3 is 9.47 Å². The number of hydrogen-bond acceptors (Lipinski definition) is 6. The number of hydrogen-bond donors (Lipinski definition) is 1. The maximum absolute atomic E-state index is 13.1. The first kappa shape index (κ1) is 18.4. The van der Waals surface area contributed by atoms with Crippen molar-refractivity contribution in [2.45, 2.75) is 11.2 Å². The molecule has 1 amide bonds. The Balaban J connectivity index is 1.58. The first-order chi connectivity index (χ1) is 13.2. The molecule has 0 atom stereocenters. The zero-order chi connectivity index (χ0) is 19.9. The predicted octanol–water partition coefficient (Wildman–Crippen LogP) is 2.96. The Hall–Kier alpha value is -2.92. The number of ether oxygens (including phenoxy) is 2. The number of halogens is 2. The molecule has 0 unspecified atom stereocenters. The summed E-state index contributed by atoms with van der Waals surface area (Å²) in [6.45, 7) is 0. The minimum Gasteiger partial charge on any atom is -0.395 e. The molecule has 0 bridgehead atoms. The van der Waals surface area contributed by atoms with E-state index in [4.69, 9.17) is 0 Å². The van der Waals surface area contributed by atoms with Crippen LogP contribution in [0.5, 0.6) is 11.5 Å². The molecular weight excluding hydrogens is 414 g/mol. The van der Waals surface area contributed by atoms with Gasteiger partial charge in [-0.25, -0.2) is 0 Å². The molecule has 2 aromatic rings. The summed E-state index contributed by atoms with van der Waals surface area (Å²) in [6.07, 6.45) is -2.34. The Morgan fingerprint density at radius 3 is 2.54 bits per heavy atom. The van der Waals surface area contributed by atoms with Gasteiger partial charge in [-0.1, -0.05) is 24.3 Å². The van der Waals surface area contributed by atoms with Gasteiger partial charge in [0, 0.05) is 0 Å². The maximum Gasteiger partial charge on any atom is 0.586 e. The Labute approximate surface area is 162 Å². The molecule has 28 heavy (non-hydrogen) atoms. The fraction of sp³-hybridized carbons (Fsp3) is 0.0588. The van der Waals surface area contributed by atoms with Crippen LogP contribution in [0.15, 0.2) is 62.7 Å². The molecule has 0 saturated carbocycles. The van der Waals surface area contributed by atoms with Crippen molar-refractivity contribution in [2.24, 2.45) is 4.40 Å². The molecule has 2 aliphatic heterocycles. The number of fused-ring (bicyclic) bond motifs is 1. The molecule has 1 saturated heterocycles. The third kappa shape index (κ3) is 3.71. The Bertz CT molecular complexity index is 1130. The van der Waals surface area contributed by atoms with E-state index in [1.165, 1.54) is 36.4 Å². The third-order valence-corrected chi connectivity index (χ3v) is 5.93. The van der Waals surface area contributed by atoms with E-state index < -0.39 is 22.2 Å². The van der Waals surface area contributed by atoms with Gasteiger partial charge in [0.15, 0.2) is 16.7 Å². The highest BCUT2D eigenvalue weighted by molar-refractivity contribution is 8.19. The van der Waals surface area contributed by atoms with Gasteiger partial charge in [0.25, 0.3) is 15.9 Å². The van der Waals surface area contributed by atoms with E-state index >= 15 is 0 Å². The summed E-state index contributed by atoms with van der Waals surface area (Å²) in [5.41, 5.74) is 0.393. The highest BCUT2D eigenvalue weighted by atomic mass is 32.2.